The van der Waals surface area contributed by atoms with Crippen molar-refractivity contribution in [2.24, 2.45) is 0 Å². The van der Waals surface area contributed by atoms with Gasteiger partial charge in [-0.15, -0.1) is 12.4 Å². The quantitative estimate of drug-likeness (QED) is 0.859. The van der Waals surface area contributed by atoms with Crippen LogP contribution in [0.25, 0.3) is 0 Å². The number of halogens is 1. The van der Waals surface area contributed by atoms with Gasteiger partial charge in [-0.1, -0.05) is 0 Å². The van der Waals surface area contributed by atoms with Gasteiger partial charge in [0, 0.05) is 25.7 Å². The maximum absolute atomic E-state index is 12.3. The van der Waals surface area contributed by atoms with E-state index in [-0.39, 0.29) is 30.3 Å². The first-order chi connectivity index (χ1) is 9.09. The van der Waals surface area contributed by atoms with E-state index in [1.807, 2.05) is 6.92 Å². The van der Waals surface area contributed by atoms with Crippen LogP contribution < -0.4 is 10.6 Å². The van der Waals surface area contributed by atoms with E-state index in [0.29, 0.717) is 12.1 Å². The summed E-state index contributed by atoms with van der Waals surface area (Å²) >= 11 is 0. The fourth-order valence-corrected chi connectivity index (χ4v) is 2.15. The third-order valence-electron chi connectivity index (χ3n) is 3.29. The van der Waals surface area contributed by atoms with E-state index in [1.165, 1.54) is 12.5 Å². The Hall–Kier alpha value is -1.53. The fraction of sp³-hybridized carbons (Fsp3) is 0.538. The molecule has 1 saturated heterocycles. The normalized spacial score (nSPS) is 19.9. The molecule has 0 aromatic carbocycles. The summed E-state index contributed by atoms with van der Waals surface area (Å²) in [6, 6.07) is 1.18. The Morgan fingerprint density at radius 2 is 2.30 bits per heavy atom. The molecule has 112 valence electrons. The number of carbonyl (C=O) groups is 2. The molecule has 2 rings (SSSR count). The Labute approximate surface area is 124 Å². The van der Waals surface area contributed by atoms with Crippen LogP contribution in [-0.4, -0.2) is 48.4 Å². The van der Waals surface area contributed by atoms with Crippen LogP contribution in [0.2, 0.25) is 0 Å². The van der Waals surface area contributed by atoms with Crippen molar-refractivity contribution in [2.45, 2.75) is 25.9 Å². The first-order valence-electron chi connectivity index (χ1n) is 6.44. The van der Waals surface area contributed by atoms with Crippen molar-refractivity contribution < 1.29 is 14.0 Å². The van der Waals surface area contributed by atoms with Crippen molar-refractivity contribution in [3.63, 3.8) is 0 Å². The van der Waals surface area contributed by atoms with Crippen LogP contribution in [0.3, 0.4) is 0 Å². The van der Waals surface area contributed by atoms with Gasteiger partial charge in [0.1, 0.15) is 12.3 Å². The Kier molecular flexibility index (Phi) is 6.04. The van der Waals surface area contributed by atoms with Gasteiger partial charge in [-0.2, -0.15) is 0 Å². The van der Waals surface area contributed by atoms with Crippen LogP contribution in [-0.2, 0) is 4.79 Å². The number of furan rings is 1. The molecule has 1 aliphatic rings. The summed E-state index contributed by atoms with van der Waals surface area (Å²) in [5, 5.41) is 5.92. The van der Waals surface area contributed by atoms with Gasteiger partial charge in [0.15, 0.2) is 0 Å². The van der Waals surface area contributed by atoms with Gasteiger partial charge < -0.3 is 20.0 Å². The molecule has 7 heteroatoms. The molecule has 20 heavy (non-hydrogen) atoms. The maximum Gasteiger partial charge on any atom is 0.255 e. The van der Waals surface area contributed by atoms with Gasteiger partial charge in [-0.05, 0) is 19.9 Å². The van der Waals surface area contributed by atoms with Crippen molar-refractivity contribution in [3.8, 4) is 0 Å². The first kappa shape index (κ1) is 16.5. The minimum atomic E-state index is -0.539. The molecule has 2 heterocycles. The van der Waals surface area contributed by atoms with Crippen LogP contribution in [0.5, 0.6) is 0 Å². The van der Waals surface area contributed by atoms with Gasteiger partial charge in [0.25, 0.3) is 5.91 Å². The minimum absolute atomic E-state index is 0. The molecule has 0 spiro atoms. The smallest absolute Gasteiger partial charge is 0.255 e. The molecular weight excluding hydrogens is 282 g/mol. The van der Waals surface area contributed by atoms with Gasteiger partial charge >= 0.3 is 0 Å². The lowest BCUT2D eigenvalue weighted by atomic mass is 10.1. The Morgan fingerprint density at radius 3 is 2.90 bits per heavy atom. The maximum atomic E-state index is 12.3. The molecule has 1 aromatic rings. The molecule has 1 aliphatic heterocycles. The number of amides is 2. The van der Waals surface area contributed by atoms with Crippen molar-refractivity contribution in [2.75, 3.05) is 19.6 Å². The third-order valence-corrected chi connectivity index (χ3v) is 3.29. The van der Waals surface area contributed by atoms with Crippen LogP contribution >= 0.6 is 12.4 Å². The van der Waals surface area contributed by atoms with Gasteiger partial charge in [-0.25, -0.2) is 0 Å². The van der Waals surface area contributed by atoms with Crippen LogP contribution in [0, 0.1) is 0 Å². The summed E-state index contributed by atoms with van der Waals surface area (Å²) in [5.74, 6) is -0.344. The molecule has 0 bridgehead atoms. The van der Waals surface area contributed by atoms with E-state index >= 15 is 0 Å². The average molecular weight is 302 g/mol. The van der Waals surface area contributed by atoms with Gasteiger partial charge in [0.2, 0.25) is 5.91 Å². The van der Waals surface area contributed by atoms with Gasteiger partial charge in [-0.3, -0.25) is 9.59 Å². The van der Waals surface area contributed by atoms with Crippen LogP contribution in [0.15, 0.2) is 23.0 Å². The molecule has 0 radical (unpaired) electrons. The Balaban J connectivity index is 0.00000200. The molecule has 1 aromatic heterocycles. The van der Waals surface area contributed by atoms with Crippen molar-refractivity contribution in [1.29, 1.82) is 0 Å². The van der Waals surface area contributed by atoms with Crippen molar-refractivity contribution in [3.05, 3.63) is 24.2 Å². The highest BCUT2D eigenvalue weighted by Gasteiger charge is 2.27. The lowest BCUT2D eigenvalue weighted by Crippen LogP contribution is -2.57. The molecule has 6 nitrogen and oxygen atoms in total. The van der Waals surface area contributed by atoms with Gasteiger partial charge in [0.05, 0.1) is 11.8 Å². The summed E-state index contributed by atoms with van der Waals surface area (Å²) in [6.07, 6.45) is 2.79. The Morgan fingerprint density at radius 1 is 1.55 bits per heavy atom. The number of hydrogen-bond acceptors (Lipinski definition) is 4. The van der Waals surface area contributed by atoms with E-state index in [2.05, 4.69) is 10.6 Å². The van der Waals surface area contributed by atoms with E-state index in [9.17, 15) is 9.59 Å². The second-order valence-electron chi connectivity index (χ2n) is 4.79. The highest BCUT2D eigenvalue weighted by Crippen LogP contribution is 2.06. The topological polar surface area (TPSA) is 74.6 Å². The number of nitrogens with one attached hydrogen (secondary N) is 2. The summed E-state index contributed by atoms with van der Waals surface area (Å²) in [4.78, 5) is 25.9. The zero-order valence-electron chi connectivity index (χ0n) is 11.6. The molecule has 0 saturated carbocycles. The second-order valence-corrected chi connectivity index (χ2v) is 4.79. The van der Waals surface area contributed by atoms with Crippen LogP contribution in [0.4, 0.5) is 0 Å². The third kappa shape index (κ3) is 3.74. The second kappa shape index (κ2) is 7.31. The molecule has 2 amide bonds. The van der Waals surface area contributed by atoms with E-state index in [1.54, 1.807) is 17.9 Å². The van der Waals surface area contributed by atoms with E-state index in [4.69, 9.17) is 4.42 Å². The Bertz CT molecular complexity index is 450. The molecular formula is C13H20ClN3O3. The number of rotatable bonds is 3. The van der Waals surface area contributed by atoms with E-state index in [0.717, 1.165) is 13.1 Å². The molecule has 0 aliphatic carbocycles. The summed E-state index contributed by atoms with van der Waals surface area (Å²) in [7, 11) is 0. The standard InChI is InChI=1S/C13H19N3O3.ClH/c1-9-7-14-4-5-16(9)13(18)10(2)15-12(17)11-3-6-19-8-11;/h3,6,8-10,14H,4-5,7H2,1-2H3,(H,15,17);1H/t9-,10?;/m1./s1. The monoisotopic (exact) mass is 301 g/mol. The van der Waals surface area contributed by atoms with Crippen molar-refractivity contribution in [1.82, 2.24) is 15.5 Å². The van der Waals surface area contributed by atoms with E-state index < -0.39 is 6.04 Å². The summed E-state index contributed by atoms with van der Waals surface area (Å²) in [6.45, 7) is 5.95. The predicted molar refractivity (Wildman–Crippen MR) is 76.9 cm³/mol. The SMILES string of the molecule is CC(NC(=O)c1ccoc1)C(=O)N1CCNC[C@H]1C.Cl. The predicted octanol–water partition coefficient (Wildman–Crippen LogP) is 0.640. The van der Waals surface area contributed by atoms with Crippen LogP contribution in [0.1, 0.15) is 24.2 Å². The lowest BCUT2D eigenvalue weighted by Gasteiger charge is -2.35. The number of piperazine rings is 1. The van der Waals surface area contributed by atoms with Crippen molar-refractivity contribution >= 4 is 24.2 Å². The average Bonchev–Trinajstić information content (AvgIpc) is 2.92. The highest BCUT2D eigenvalue weighted by molar-refractivity contribution is 5.97. The number of nitrogens with zero attached hydrogens (tertiary/aromatic N) is 1. The molecule has 2 atom stereocenters. The molecule has 1 unspecified atom stereocenters. The fourth-order valence-electron chi connectivity index (χ4n) is 2.15. The zero-order chi connectivity index (χ0) is 13.8. The number of hydrogen-bond donors (Lipinski definition) is 2. The zero-order valence-corrected chi connectivity index (χ0v) is 12.4. The summed E-state index contributed by atoms with van der Waals surface area (Å²) < 4.78 is 4.85. The highest BCUT2D eigenvalue weighted by atomic mass is 35.5. The molecule has 2 N–H and O–H groups in total. The first-order valence-corrected chi connectivity index (χ1v) is 6.44. The number of carbonyl (C=O) groups excluding carboxylic acids is 2. The lowest BCUT2D eigenvalue weighted by molar-refractivity contribution is -0.135. The summed E-state index contributed by atoms with van der Waals surface area (Å²) in [5.41, 5.74) is 0.424. The molecule has 1 fully saturated rings. The minimum Gasteiger partial charge on any atom is -0.472 e. The largest absolute Gasteiger partial charge is 0.472 e.